The molecule has 0 bridgehead atoms. The molecule has 2 fully saturated rings. The number of thioether (sulfide) groups is 1. The molecule has 3 aliphatic rings. The SMILES string of the molecule is O=C(NC1CCCC(C(=O)N2CSCC2C(=O)O)C1)OCC1c2ccccc2-c2ccccc21. The molecule has 1 heterocycles. The summed E-state index contributed by atoms with van der Waals surface area (Å²) in [7, 11) is 0. The van der Waals surface area contributed by atoms with E-state index >= 15 is 0 Å². The normalized spacial score (nSPS) is 23.8. The molecule has 7 nitrogen and oxygen atoms in total. The number of benzene rings is 2. The third-order valence-corrected chi connectivity index (χ3v) is 8.15. The van der Waals surface area contributed by atoms with E-state index in [0.717, 1.165) is 30.4 Å². The lowest BCUT2D eigenvalue weighted by atomic mass is 9.84. The maximum Gasteiger partial charge on any atom is 0.407 e. The Labute approximate surface area is 202 Å². The van der Waals surface area contributed by atoms with Gasteiger partial charge in [0.25, 0.3) is 0 Å². The summed E-state index contributed by atoms with van der Waals surface area (Å²) in [6, 6.07) is 15.5. The molecular weight excluding hydrogens is 452 g/mol. The molecule has 8 heteroatoms. The number of alkyl carbamates (subject to hydrolysis) is 1. The highest BCUT2D eigenvalue weighted by atomic mass is 32.2. The third kappa shape index (κ3) is 4.39. The van der Waals surface area contributed by atoms with Crippen LogP contribution in [0.5, 0.6) is 0 Å². The first kappa shape index (κ1) is 22.8. The van der Waals surface area contributed by atoms with Gasteiger partial charge in [0.15, 0.2) is 0 Å². The quantitative estimate of drug-likeness (QED) is 0.670. The van der Waals surface area contributed by atoms with E-state index < -0.39 is 18.1 Å². The highest BCUT2D eigenvalue weighted by Gasteiger charge is 2.39. The molecular formula is C26H28N2O5S. The molecule has 2 aromatic rings. The number of aliphatic carboxylic acids is 1. The summed E-state index contributed by atoms with van der Waals surface area (Å²) in [6.45, 7) is 0.250. The Morgan fingerprint density at radius 1 is 1.03 bits per heavy atom. The summed E-state index contributed by atoms with van der Waals surface area (Å²) in [4.78, 5) is 38.6. The molecule has 1 saturated carbocycles. The molecule has 3 atom stereocenters. The number of ether oxygens (including phenoxy) is 1. The van der Waals surface area contributed by atoms with Crippen LogP contribution in [0.3, 0.4) is 0 Å². The minimum absolute atomic E-state index is 0.000509. The molecule has 178 valence electrons. The number of hydrogen-bond acceptors (Lipinski definition) is 5. The second kappa shape index (κ2) is 9.70. The summed E-state index contributed by atoms with van der Waals surface area (Å²) < 4.78 is 5.66. The van der Waals surface area contributed by atoms with E-state index in [2.05, 4.69) is 29.6 Å². The molecule has 1 saturated heterocycles. The van der Waals surface area contributed by atoms with Crippen LogP contribution in [-0.4, -0.2) is 58.3 Å². The third-order valence-electron chi connectivity index (χ3n) is 7.14. The Balaban J connectivity index is 1.18. The fourth-order valence-electron chi connectivity index (χ4n) is 5.45. The van der Waals surface area contributed by atoms with Crippen LogP contribution in [0.25, 0.3) is 11.1 Å². The van der Waals surface area contributed by atoms with E-state index in [1.54, 1.807) is 0 Å². The van der Waals surface area contributed by atoms with Crippen molar-refractivity contribution in [2.75, 3.05) is 18.2 Å². The first-order valence-corrected chi connectivity index (χ1v) is 12.9. The van der Waals surface area contributed by atoms with Crippen molar-refractivity contribution < 1.29 is 24.2 Å². The summed E-state index contributed by atoms with van der Waals surface area (Å²) in [5, 5.41) is 12.3. The van der Waals surface area contributed by atoms with Gasteiger partial charge < -0.3 is 20.1 Å². The van der Waals surface area contributed by atoms with E-state index in [9.17, 15) is 19.5 Å². The molecule has 1 aliphatic heterocycles. The molecule has 0 aromatic heterocycles. The first-order chi connectivity index (χ1) is 16.5. The monoisotopic (exact) mass is 480 g/mol. The van der Waals surface area contributed by atoms with E-state index in [1.807, 2.05) is 24.3 Å². The van der Waals surface area contributed by atoms with Gasteiger partial charge in [-0.1, -0.05) is 55.0 Å². The molecule has 3 unspecified atom stereocenters. The van der Waals surface area contributed by atoms with Crippen molar-refractivity contribution in [3.63, 3.8) is 0 Å². The Morgan fingerprint density at radius 2 is 1.71 bits per heavy atom. The van der Waals surface area contributed by atoms with E-state index in [1.165, 1.54) is 27.8 Å². The van der Waals surface area contributed by atoms with Crippen LogP contribution in [0.15, 0.2) is 48.5 Å². The lowest BCUT2D eigenvalue weighted by Crippen LogP contribution is -2.47. The number of carboxylic acid groups (broad SMARTS) is 1. The minimum atomic E-state index is -0.956. The molecule has 2 amide bonds. The zero-order chi connectivity index (χ0) is 23.7. The predicted octanol–water partition coefficient (Wildman–Crippen LogP) is 4.07. The van der Waals surface area contributed by atoms with Crippen molar-refractivity contribution in [1.29, 1.82) is 0 Å². The van der Waals surface area contributed by atoms with Gasteiger partial charge in [-0.05, 0) is 41.5 Å². The largest absolute Gasteiger partial charge is 0.480 e. The van der Waals surface area contributed by atoms with Gasteiger partial charge in [0, 0.05) is 23.6 Å². The van der Waals surface area contributed by atoms with Gasteiger partial charge >= 0.3 is 12.1 Å². The Morgan fingerprint density at radius 3 is 2.38 bits per heavy atom. The van der Waals surface area contributed by atoms with Crippen LogP contribution in [-0.2, 0) is 14.3 Å². The molecule has 2 aliphatic carbocycles. The van der Waals surface area contributed by atoms with Gasteiger partial charge in [-0.3, -0.25) is 4.79 Å². The van der Waals surface area contributed by atoms with Crippen molar-refractivity contribution in [3.8, 4) is 11.1 Å². The highest BCUT2D eigenvalue weighted by Crippen LogP contribution is 2.44. The van der Waals surface area contributed by atoms with Crippen LogP contribution in [0, 0.1) is 5.92 Å². The van der Waals surface area contributed by atoms with Crippen molar-refractivity contribution in [1.82, 2.24) is 10.2 Å². The predicted molar refractivity (Wildman–Crippen MR) is 130 cm³/mol. The van der Waals surface area contributed by atoms with Gasteiger partial charge in [-0.2, -0.15) is 0 Å². The van der Waals surface area contributed by atoms with Gasteiger partial charge in [-0.15, -0.1) is 11.8 Å². The molecule has 2 aromatic carbocycles. The number of amides is 2. The lowest BCUT2D eigenvalue weighted by Gasteiger charge is -2.32. The Bertz CT molecular complexity index is 1060. The summed E-state index contributed by atoms with van der Waals surface area (Å²) in [5.41, 5.74) is 4.69. The van der Waals surface area contributed by atoms with E-state index in [-0.39, 0.29) is 30.4 Å². The van der Waals surface area contributed by atoms with Crippen molar-refractivity contribution in [2.45, 2.75) is 43.7 Å². The standard InChI is InChI=1S/C26H28N2O5S/c29-24(28-15-34-14-23(28)25(30)31)16-6-5-7-17(12-16)27-26(32)33-13-22-20-10-3-1-8-18(20)19-9-2-4-11-21(19)22/h1-4,8-11,16-17,22-23H,5-7,12-15H2,(H,27,32)(H,30,31). The Hall–Kier alpha value is -3.00. The topological polar surface area (TPSA) is 95.9 Å². The van der Waals surface area contributed by atoms with Crippen LogP contribution < -0.4 is 5.32 Å². The lowest BCUT2D eigenvalue weighted by molar-refractivity contribution is -0.150. The average Bonchev–Trinajstić information content (AvgIpc) is 3.46. The molecule has 34 heavy (non-hydrogen) atoms. The molecule has 0 radical (unpaired) electrons. The molecule has 2 N–H and O–H groups in total. The maximum absolute atomic E-state index is 13.0. The number of carbonyl (C=O) groups excluding carboxylic acids is 2. The second-order valence-electron chi connectivity index (χ2n) is 9.19. The molecule has 0 spiro atoms. The zero-order valence-corrected chi connectivity index (χ0v) is 19.6. The Kier molecular flexibility index (Phi) is 6.50. The maximum atomic E-state index is 13.0. The van der Waals surface area contributed by atoms with Gasteiger partial charge in [0.05, 0.1) is 5.88 Å². The summed E-state index contributed by atoms with van der Waals surface area (Å²) in [5.74, 6) is -0.502. The van der Waals surface area contributed by atoms with Crippen LogP contribution in [0.2, 0.25) is 0 Å². The van der Waals surface area contributed by atoms with Gasteiger partial charge in [0.1, 0.15) is 12.6 Å². The number of rotatable bonds is 5. The average molecular weight is 481 g/mol. The van der Waals surface area contributed by atoms with Crippen molar-refractivity contribution in [3.05, 3.63) is 59.7 Å². The van der Waals surface area contributed by atoms with E-state index in [4.69, 9.17) is 4.74 Å². The molecule has 5 rings (SSSR count). The summed E-state index contributed by atoms with van der Waals surface area (Å²) >= 11 is 1.47. The summed E-state index contributed by atoms with van der Waals surface area (Å²) in [6.07, 6.45) is 2.35. The number of carbonyl (C=O) groups is 3. The van der Waals surface area contributed by atoms with Crippen LogP contribution in [0.1, 0.15) is 42.7 Å². The number of fused-ring (bicyclic) bond motifs is 3. The first-order valence-electron chi connectivity index (χ1n) is 11.8. The fourth-order valence-corrected chi connectivity index (χ4v) is 6.61. The van der Waals surface area contributed by atoms with Gasteiger partial charge in [0.2, 0.25) is 5.91 Å². The zero-order valence-electron chi connectivity index (χ0n) is 18.8. The van der Waals surface area contributed by atoms with Crippen LogP contribution in [0.4, 0.5) is 4.79 Å². The number of nitrogens with zero attached hydrogens (tertiary/aromatic N) is 1. The highest BCUT2D eigenvalue weighted by molar-refractivity contribution is 7.99. The van der Waals surface area contributed by atoms with E-state index in [0.29, 0.717) is 18.1 Å². The number of hydrogen-bond donors (Lipinski definition) is 2. The van der Waals surface area contributed by atoms with Crippen molar-refractivity contribution >= 4 is 29.7 Å². The fraction of sp³-hybridized carbons (Fsp3) is 0.423. The number of carboxylic acids is 1. The second-order valence-corrected chi connectivity index (χ2v) is 10.2. The smallest absolute Gasteiger partial charge is 0.407 e. The van der Waals surface area contributed by atoms with Crippen LogP contribution >= 0.6 is 11.8 Å². The number of nitrogens with one attached hydrogen (secondary N) is 1. The minimum Gasteiger partial charge on any atom is -0.480 e. The van der Waals surface area contributed by atoms with Gasteiger partial charge in [-0.25, -0.2) is 9.59 Å². The van der Waals surface area contributed by atoms with Crippen molar-refractivity contribution in [2.24, 2.45) is 5.92 Å².